The number of piperidine rings is 1. The van der Waals surface area contributed by atoms with Gasteiger partial charge in [0.15, 0.2) is 9.84 Å². The molecule has 46 heavy (non-hydrogen) atoms. The number of benzodiazepines with no additional fused rings is 1. The van der Waals surface area contributed by atoms with Crippen molar-refractivity contribution in [2.45, 2.75) is 36.1 Å². The number of anilines is 1. The summed E-state index contributed by atoms with van der Waals surface area (Å²) in [4.78, 5) is 49.3. The zero-order valence-corrected chi connectivity index (χ0v) is 25.3. The molecule has 0 saturated carbocycles. The summed E-state index contributed by atoms with van der Waals surface area (Å²) in [5, 5.41) is 2.54. The molecule has 0 bridgehead atoms. The molecule has 1 saturated heterocycles. The predicted molar refractivity (Wildman–Crippen MR) is 165 cm³/mol. The molecule has 4 aromatic rings. The highest BCUT2D eigenvalue weighted by atomic mass is 32.2. The Labute approximate surface area is 261 Å². The van der Waals surface area contributed by atoms with Crippen molar-refractivity contribution in [3.05, 3.63) is 94.4 Å². The number of carbonyl (C=O) groups is 2. The fourth-order valence-corrected chi connectivity index (χ4v) is 6.56. The number of sulfone groups is 1. The van der Waals surface area contributed by atoms with Crippen molar-refractivity contribution in [1.82, 2.24) is 19.8 Å². The number of imidazole rings is 1. The van der Waals surface area contributed by atoms with Gasteiger partial charge in [-0.15, -0.1) is 0 Å². The largest absolute Gasteiger partial charge is 0.406 e. The fraction of sp³-hybridized carbons (Fsp3) is 0.290. The van der Waals surface area contributed by atoms with Gasteiger partial charge in [0.05, 0.1) is 27.3 Å². The zero-order valence-electron chi connectivity index (χ0n) is 24.5. The number of likely N-dealkylation sites (tertiary alicyclic amines) is 1. The maximum atomic E-state index is 13.7. The molecule has 0 unspecified atom stereocenters. The molecule has 0 spiro atoms. The third-order valence-corrected chi connectivity index (χ3v) is 9.20. The Morgan fingerprint density at radius 2 is 1.67 bits per heavy atom. The lowest BCUT2D eigenvalue weighted by Crippen LogP contribution is -2.54. The van der Waals surface area contributed by atoms with Crippen LogP contribution in [0.2, 0.25) is 0 Å². The van der Waals surface area contributed by atoms with Crippen molar-refractivity contribution < 1.29 is 31.2 Å². The van der Waals surface area contributed by atoms with Crippen molar-refractivity contribution in [2.24, 2.45) is 4.99 Å². The molecule has 240 valence electrons. The molecule has 2 aliphatic rings. The number of amides is 3. The number of nitrogens with zero attached hydrogens (tertiary/aromatic N) is 4. The molecule has 0 aliphatic carbocycles. The monoisotopic (exact) mass is 654 g/mol. The summed E-state index contributed by atoms with van der Waals surface area (Å²) in [6.45, 7) is -1.26. The minimum absolute atomic E-state index is 0.0215. The number of carbonyl (C=O) groups excluding carboxylic acids is 2. The molecule has 2 aliphatic heterocycles. The topological polar surface area (TPSA) is 137 Å². The van der Waals surface area contributed by atoms with Gasteiger partial charge in [-0.1, -0.05) is 48.5 Å². The number of urea groups is 1. The summed E-state index contributed by atoms with van der Waals surface area (Å²) in [7, 11) is -3.52. The Morgan fingerprint density at radius 1 is 1.00 bits per heavy atom. The second-order valence-electron chi connectivity index (χ2n) is 11.2. The lowest BCUT2D eigenvalue weighted by atomic mass is 10.0. The normalized spacial score (nSPS) is 17.9. The number of hydrogen-bond acceptors (Lipinski definition) is 6. The molecule has 1 fully saturated rings. The van der Waals surface area contributed by atoms with Crippen LogP contribution in [-0.2, 0) is 14.6 Å². The molecule has 6 rings (SSSR count). The average Bonchev–Trinajstić information content (AvgIpc) is 3.31. The van der Waals surface area contributed by atoms with Gasteiger partial charge in [-0.25, -0.2) is 23.0 Å². The summed E-state index contributed by atoms with van der Waals surface area (Å²) >= 11 is 0. The lowest BCUT2D eigenvalue weighted by molar-refractivity contribution is -0.133. The molecule has 1 atom stereocenters. The van der Waals surface area contributed by atoms with E-state index in [1.54, 1.807) is 42.5 Å². The fourth-order valence-electron chi connectivity index (χ4n) is 5.92. The van der Waals surface area contributed by atoms with Crippen LogP contribution in [-0.4, -0.2) is 78.8 Å². The highest BCUT2D eigenvalue weighted by Crippen LogP contribution is 2.31. The van der Waals surface area contributed by atoms with E-state index in [1.807, 2.05) is 0 Å². The van der Waals surface area contributed by atoms with Crippen molar-refractivity contribution in [3.8, 4) is 0 Å². The Hall–Kier alpha value is -4.92. The average molecular weight is 655 g/mol. The number of aromatic amines is 1. The Morgan fingerprint density at radius 3 is 2.35 bits per heavy atom. The van der Waals surface area contributed by atoms with Crippen LogP contribution >= 0.6 is 0 Å². The highest BCUT2D eigenvalue weighted by molar-refractivity contribution is 7.90. The molecular formula is C31H29F3N6O5S. The van der Waals surface area contributed by atoms with Gasteiger partial charge >= 0.3 is 17.9 Å². The first kappa shape index (κ1) is 31.1. The molecule has 11 nitrogen and oxygen atoms in total. The van der Waals surface area contributed by atoms with Gasteiger partial charge in [-0.05, 0) is 37.1 Å². The number of H-pyrrole nitrogens is 1. The first-order valence-corrected chi connectivity index (χ1v) is 16.3. The molecule has 0 radical (unpaired) electrons. The van der Waals surface area contributed by atoms with Crippen molar-refractivity contribution >= 4 is 44.2 Å². The van der Waals surface area contributed by atoms with Gasteiger partial charge in [0.2, 0.25) is 6.17 Å². The summed E-state index contributed by atoms with van der Waals surface area (Å²) in [5.74, 6) is -1.04. The first-order chi connectivity index (χ1) is 21.8. The van der Waals surface area contributed by atoms with E-state index in [0.717, 1.165) is 6.26 Å². The number of benzene rings is 3. The second kappa shape index (κ2) is 11.8. The lowest BCUT2D eigenvalue weighted by Gasteiger charge is -2.33. The number of halogens is 3. The molecular weight excluding hydrogens is 625 g/mol. The summed E-state index contributed by atoms with van der Waals surface area (Å²) in [6.07, 6.45) is -4.65. The van der Waals surface area contributed by atoms with Crippen LogP contribution in [0.15, 0.2) is 87.5 Å². The number of rotatable bonds is 5. The second-order valence-corrected chi connectivity index (χ2v) is 13.2. The summed E-state index contributed by atoms with van der Waals surface area (Å²) in [5.41, 5.74) is 1.62. The maximum Gasteiger partial charge on any atom is 0.406 e. The number of fused-ring (bicyclic) bond motifs is 2. The number of aromatic nitrogens is 2. The van der Waals surface area contributed by atoms with Gasteiger partial charge in [0.1, 0.15) is 6.54 Å². The highest BCUT2D eigenvalue weighted by Gasteiger charge is 2.40. The van der Waals surface area contributed by atoms with Crippen LogP contribution in [0.3, 0.4) is 0 Å². The van der Waals surface area contributed by atoms with Crippen LogP contribution in [0.25, 0.3) is 11.0 Å². The Kier molecular flexibility index (Phi) is 7.96. The van der Waals surface area contributed by atoms with Crippen molar-refractivity contribution in [2.75, 3.05) is 30.8 Å². The van der Waals surface area contributed by atoms with E-state index in [0.29, 0.717) is 39.9 Å². The minimum Gasteiger partial charge on any atom is -0.325 e. The molecule has 3 amide bonds. The maximum absolute atomic E-state index is 13.7. The number of para-hydroxylation sites is 1. The van der Waals surface area contributed by atoms with E-state index in [-0.39, 0.29) is 35.4 Å². The summed E-state index contributed by atoms with van der Waals surface area (Å²) < 4.78 is 66.9. The number of aliphatic imine (C=N–C) groups is 1. The van der Waals surface area contributed by atoms with Crippen molar-refractivity contribution in [1.29, 1.82) is 0 Å². The third-order valence-electron chi connectivity index (χ3n) is 8.09. The van der Waals surface area contributed by atoms with Gasteiger partial charge in [-0.2, -0.15) is 13.2 Å². The van der Waals surface area contributed by atoms with E-state index in [2.05, 4.69) is 15.3 Å². The van der Waals surface area contributed by atoms with Crippen LogP contribution in [0, 0.1) is 0 Å². The standard InChI is InChI=1S/C31H29F3N6O5S/c1-46(44,45)21-11-12-23-25(17-21)40(30(43)35-23)20-13-15-38(16-14-20)29(42)37-27-28(41)39(18-31(32,33)34)24-10-6-5-9-22(24)26(36-27)19-7-3-2-4-8-19/h2-12,17,20,27H,13-16,18H2,1H3,(H,35,43)(H,37,42)/t27-/m0/s1. The van der Waals surface area contributed by atoms with Crippen molar-refractivity contribution in [3.63, 3.8) is 0 Å². The molecule has 2 N–H and O–H groups in total. The van der Waals surface area contributed by atoms with Crippen LogP contribution in [0.5, 0.6) is 0 Å². The summed E-state index contributed by atoms with van der Waals surface area (Å²) in [6, 6.07) is 18.2. The third kappa shape index (κ3) is 6.14. The number of hydrogen-bond donors (Lipinski definition) is 2. The minimum atomic E-state index is -4.72. The van der Waals surface area contributed by atoms with E-state index in [4.69, 9.17) is 0 Å². The number of alkyl halides is 3. The van der Waals surface area contributed by atoms with Crippen LogP contribution in [0.4, 0.5) is 23.7 Å². The molecule has 3 heterocycles. The van der Waals surface area contributed by atoms with Crippen LogP contribution in [0.1, 0.15) is 30.0 Å². The van der Waals surface area contributed by atoms with Gasteiger partial charge < -0.3 is 15.2 Å². The molecule has 1 aromatic heterocycles. The Bertz CT molecular complexity index is 2020. The zero-order chi connectivity index (χ0) is 32.8. The van der Waals surface area contributed by atoms with Gasteiger partial charge in [-0.3, -0.25) is 14.3 Å². The Balaban J connectivity index is 1.26. The van der Waals surface area contributed by atoms with Gasteiger partial charge in [0.25, 0.3) is 5.91 Å². The number of nitrogens with one attached hydrogen (secondary N) is 2. The van der Waals surface area contributed by atoms with E-state index in [1.165, 1.54) is 39.8 Å². The van der Waals surface area contributed by atoms with Gasteiger partial charge in [0, 0.05) is 36.5 Å². The predicted octanol–water partition coefficient (Wildman–Crippen LogP) is 3.85. The first-order valence-electron chi connectivity index (χ1n) is 14.4. The SMILES string of the molecule is CS(=O)(=O)c1ccc2[nH]c(=O)n(C3CCN(C(=O)N[C@@H]4N=C(c5ccccc5)c5ccccc5N(CC(F)(F)F)C4=O)CC3)c2c1. The van der Waals surface area contributed by atoms with E-state index < -0.39 is 46.4 Å². The smallest absolute Gasteiger partial charge is 0.325 e. The molecule has 15 heteroatoms. The van der Waals surface area contributed by atoms with E-state index >= 15 is 0 Å². The van der Waals surface area contributed by atoms with Crippen LogP contribution < -0.4 is 15.9 Å². The quantitative estimate of drug-likeness (QED) is 0.337. The van der Waals surface area contributed by atoms with E-state index in [9.17, 15) is 36.0 Å². The molecule has 3 aromatic carbocycles.